The van der Waals surface area contributed by atoms with E-state index in [1.54, 1.807) is 24.5 Å². The van der Waals surface area contributed by atoms with E-state index in [-0.39, 0.29) is 18.2 Å². The number of benzene rings is 4. The van der Waals surface area contributed by atoms with Crippen LogP contribution in [0.25, 0.3) is 11.0 Å². The maximum absolute atomic E-state index is 14.3. The number of amides is 1. The third-order valence-corrected chi connectivity index (χ3v) is 7.88. The number of carbonyl (C=O) groups excluding carboxylic acids is 1. The predicted octanol–water partition coefficient (Wildman–Crippen LogP) is 6.97. The van der Waals surface area contributed by atoms with Crippen LogP contribution in [-0.4, -0.2) is 26.7 Å². The quantitative estimate of drug-likeness (QED) is 0.116. The number of nitrogens with zero attached hydrogens (tertiary/aromatic N) is 2. The van der Waals surface area contributed by atoms with Crippen molar-refractivity contribution in [1.29, 1.82) is 0 Å². The van der Waals surface area contributed by atoms with E-state index in [2.05, 4.69) is 10.3 Å². The van der Waals surface area contributed by atoms with Crippen LogP contribution in [0.15, 0.2) is 79.1 Å². The lowest BCUT2D eigenvalue weighted by Gasteiger charge is -2.41. The summed E-state index contributed by atoms with van der Waals surface area (Å²) in [4.78, 5) is 17.2. The molecule has 0 spiro atoms. The summed E-state index contributed by atoms with van der Waals surface area (Å²) in [5.41, 5.74) is 2.13. The number of aliphatic hydroxyl groups excluding tert-OH is 1. The first-order valence-corrected chi connectivity index (χ1v) is 14.0. The molecule has 232 valence electrons. The van der Waals surface area contributed by atoms with Crippen molar-refractivity contribution in [3.05, 3.63) is 130 Å². The predicted molar refractivity (Wildman–Crippen MR) is 153 cm³/mol. The number of nitrogens with one attached hydrogen (secondary N) is 1. The molecular weight excluding hydrogens is 597 g/mol. The fourth-order valence-corrected chi connectivity index (χ4v) is 5.44. The topological polar surface area (TPSA) is 85.6 Å². The summed E-state index contributed by atoms with van der Waals surface area (Å²) in [5.74, 6) is -13.0. The smallest absolute Gasteiger partial charge is 0.261 e. The Hall–Kier alpha value is -4.65. The lowest BCUT2D eigenvalue weighted by Crippen LogP contribution is -2.39. The molecule has 45 heavy (non-hydrogen) atoms. The van der Waals surface area contributed by atoms with Crippen molar-refractivity contribution in [3.8, 4) is 0 Å². The minimum atomic E-state index is -2.36. The maximum atomic E-state index is 14.3. The lowest BCUT2D eigenvalue weighted by molar-refractivity contribution is -0.276. The van der Waals surface area contributed by atoms with Crippen molar-refractivity contribution in [1.82, 2.24) is 9.55 Å². The van der Waals surface area contributed by atoms with E-state index in [9.17, 15) is 31.9 Å². The van der Waals surface area contributed by atoms with Crippen LogP contribution in [0.3, 0.4) is 0 Å². The van der Waals surface area contributed by atoms with Gasteiger partial charge in [-0.3, -0.25) is 4.79 Å². The average molecular weight is 624 g/mol. The van der Waals surface area contributed by atoms with Gasteiger partial charge in [0.1, 0.15) is 5.56 Å². The van der Waals surface area contributed by atoms with Crippen LogP contribution in [0.4, 0.5) is 27.6 Å². The Bertz CT molecular complexity index is 1850. The molecule has 12 heteroatoms. The van der Waals surface area contributed by atoms with Crippen LogP contribution >= 0.6 is 0 Å². The maximum Gasteiger partial charge on any atom is 0.261 e. The second-order valence-electron chi connectivity index (χ2n) is 10.7. The molecule has 1 amide bonds. The second kappa shape index (κ2) is 12.4. The number of aromatic nitrogens is 2. The number of anilines is 1. The summed E-state index contributed by atoms with van der Waals surface area (Å²) in [7, 11) is 0. The van der Waals surface area contributed by atoms with Crippen molar-refractivity contribution < 1.29 is 41.3 Å². The molecule has 1 aromatic heterocycles. The van der Waals surface area contributed by atoms with Gasteiger partial charge in [-0.05, 0) is 35.4 Å². The molecule has 6 rings (SSSR count). The third-order valence-electron chi connectivity index (χ3n) is 7.88. The van der Waals surface area contributed by atoms with Crippen molar-refractivity contribution in [2.75, 3.05) is 5.32 Å². The molecule has 4 atom stereocenters. The highest BCUT2D eigenvalue weighted by atomic mass is 19.2. The molecule has 4 aromatic carbocycles. The van der Waals surface area contributed by atoms with Crippen molar-refractivity contribution in [2.24, 2.45) is 5.92 Å². The first kappa shape index (κ1) is 30.4. The van der Waals surface area contributed by atoms with Crippen molar-refractivity contribution in [3.63, 3.8) is 0 Å². The molecule has 1 fully saturated rings. The fourth-order valence-electron chi connectivity index (χ4n) is 5.44. The van der Waals surface area contributed by atoms with Crippen LogP contribution in [-0.2, 0) is 22.6 Å². The van der Waals surface area contributed by atoms with Crippen LogP contribution in [0, 0.1) is 35.0 Å². The van der Waals surface area contributed by atoms with E-state index in [0.29, 0.717) is 12.1 Å². The number of hydrogen-bond donors (Lipinski definition) is 2. The lowest BCUT2D eigenvalue weighted by atomic mass is 9.90. The molecule has 2 N–H and O–H groups in total. The minimum Gasteiger partial charge on any atom is -0.392 e. The molecule has 0 aliphatic carbocycles. The van der Waals surface area contributed by atoms with Gasteiger partial charge in [0, 0.05) is 17.2 Å². The Balaban J connectivity index is 1.31. The van der Waals surface area contributed by atoms with Crippen LogP contribution in [0.1, 0.15) is 46.4 Å². The van der Waals surface area contributed by atoms with Gasteiger partial charge in [-0.2, -0.15) is 0 Å². The van der Waals surface area contributed by atoms with Crippen molar-refractivity contribution >= 4 is 22.6 Å². The fraction of sp³-hybridized carbons (Fsp3) is 0.212. The normalized spacial score (nSPS) is 20.0. The highest BCUT2D eigenvalue weighted by molar-refractivity contribution is 6.04. The standard InChI is InChI=1S/C33H26F5N3O4/c1-17-24(14-41-16-39-22-7-2-3-8-23(22)41)44-33(45-31(17)19-11-9-18(15-42)10-12-19)20-5-4-6-21(13-20)40-32(43)25-26(34)28(36)30(38)29(37)27(25)35/h2-13,16-17,24,31,33,42H,14-15H2,1H3,(H,40,43). The van der Waals surface area contributed by atoms with Crippen LogP contribution in [0.2, 0.25) is 0 Å². The van der Waals surface area contributed by atoms with E-state index in [1.165, 1.54) is 18.2 Å². The molecule has 5 aromatic rings. The Morgan fingerprint density at radius 3 is 2.27 bits per heavy atom. The molecule has 1 saturated heterocycles. The Morgan fingerprint density at radius 2 is 1.56 bits per heavy atom. The summed E-state index contributed by atoms with van der Waals surface area (Å²) < 4.78 is 84.3. The zero-order valence-electron chi connectivity index (χ0n) is 23.7. The number of fused-ring (bicyclic) bond motifs is 1. The van der Waals surface area contributed by atoms with E-state index in [1.807, 2.05) is 47.9 Å². The summed E-state index contributed by atoms with van der Waals surface area (Å²) in [6, 6.07) is 21.0. The molecule has 1 aliphatic rings. The summed E-state index contributed by atoms with van der Waals surface area (Å²) in [6.07, 6.45) is -0.126. The van der Waals surface area contributed by atoms with Gasteiger partial charge in [0.2, 0.25) is 5.82 Å². The van der Waals surface area contributed by atoms with Gasteiger partial charge in [0.25, 0.3) is 5.91 Å². The van der Waals surface area contributed by atoms with Gasteiger partial charge >= 0.3 is 0 Å². The van der Waals surface area contributed by atoms with E-state index in [0.717, 1.165) is 22.2 Å². The number of para-hydroxylation sites is 2. The first-order chi connectivity index (χ1) is 21.7. The zero-order chi connectivity index (χ0) is 31.8. The zero-order valence-corrected chi connectivity index (χ0v) is 23.7. The minimum absolute atomic E-state index is 0.00765. The molecule has 7 nitrogen and oxygen atoms in total. The SMILES string of the molecule is CC1C(Cn2cnc3ccccc32)OC(c2cccc(NC(=O)c3c(F)c(F)c(F)c(F)c3F)c2)OC1c1ccc(CO)cc1. The molecular formula is C33H26F5N3O4. The number of carbonyl (C=O) groups is 1. The number of halogens is 5. The summed E-state index contributed by atoms with van der Waals surface area (Å²) >= 11 is 0. The molecule has 0 radical (unpaired) electrons. The van der Waals surface area contributed by atoms with Gasteiger partial charge in [-0.1, -0.05) is 55.5 Å². The van der Waals surface area contributed by atoms with E-state index in [4.69, 9.17) is 9.47 Å². The monoisotopic (exact) mass is 623 g/mol. The third kappa shape index (κ3) is 5.79. The van der Waals surface area contributed by atoms with Gasteiger partial charge in [0.15, 0.2) is 29.6 Å². The summed E-state index contributed by atoms with van der Waals surface area (Å²) in [5, 5.41) is 11.7. The van der Waals surface area contributed by atoms with Crippen LogP contribution in [0.5, 0.6) is 0 Å². The Labute approximate surface area is 253 Å². The van der Waals surface area contributed by atoms with Gasteiger partial charge in [-0.15, -0.1) is 0 Å². The molecule has 4 unspecified atom stereocenters. The number of hydrogen-bond acceptors (Lipinski definition) is 5. The molecule has 1 aliphatic heterocycles. The molecule has 0 saturated carbocycles. The Kier molecular flexibility index (Phi) is 8.36. The molecule has 2 heterocycles. The number of ether oxygens (including phenoxy) is 2. The average Bonchev–Trinajstić information content (AvgIpc) is 3.46. The highest BCUT2D eigenvalue weighted by Gasteiger charge is 2.39. The van der Waals surface area contributed by atoms with Gasteiger partial charge < -0.3 is 24.5 Å². The number of rotatable bonds is 7. The van der Waals surface area contributed by atoms with E-state index >= 15 is 0 Å². The van der Waals surface area contributed by atoms with E-state index < -0.39 is 59.1 Å². The molecule has 0 bridgehead atoms. The first-order valence-electron chi connectivity index (χ1n) is 14.0. The second-order valence-corrected chi connectivity index (χ2v) is 10.7. The van der Waals surface area contributed by atoms with Gasteiger partial charge in [0.05, 0.1) is 42.7 Å². The Morgan fingerprint density at radius 1 is 0.867 bits per heavy atom. The number of aliphatic hydroxyl groups is 1. The highest BCUT2D eigenvalue weighted by Crippen LogP contribution is 2.42. The largest absolute Gasteiger partial charge is 0.392 e. The van der Waals surface area contributed by atoms with Crippen molar-refractivity contribution in [2.45, 2.75) is 38.6 Å². The number of imidazole rings is 1. The van der Waals surface area contributed by atoms with Crippen LogP contribution < -0.4 is 5.32 Å². The van der Waals surface area contributed by atoms with Gasteiger partial charge in [-0.25, -0.2) is 26.9 Å². The summed E-state index contributed by atoms with van der Waals surface area (Å²) in [6.45, 7) is 2.29.